The maximum absolute atomic E-state index is 12.1. The monoisotopic (exact) mass is 266 g/mol. The lowest BCUT2D eigenvalue weighted by Gasteiger charge is -2.36. The van der Waals surface area contributed by atoms with Crippen molar-refractivity contribution in [1.82, 2.24) is 0 Å². The molecule has 1 aromatic rings. The maximum Gasteiger partial charge on any atom is 0.156 e. The standard InChI is InChI=1S/C14H18O3S/c1-10-3-2-4-11(7-10)14(15)8-12-5-6-13(9-14)18(12,16)17/h2-4,7,12-13,15H,5-6,8-9H2,1H3. The molecule has 1 N–H and O–H groups in total. The third-order valence-electron chi connectivity index (χ3n) is 4.43. The lowest BCUT2D eigenvalue weighted by Crippen LogP contribution is -2.43. The van der Waals surface area contributed by atoms with E-state index in [-0.39, 0.29) is 10.5 Å². The van der Waals surface area contributed by atoms with Crippen LogP contribution in [0, 0.1) is 6.92 Å². The van der Waals surface area contributed by atoms with Crippen LogP contribution in [0.15, 0.2) is 24.3 Å². The Morgan fingerprint density at radius 1 is 1.22 bits per heavy atom. The van der Waals surface area contributed by atoms with Gasteiger partial charge in [0.2, 0.25) is 0 Å². The van der Waals surface area contributed by atoms with Gasteiger partial charge in [0.1, 0.15) is 0 Å². The molecule has 2 fully saturated rings. The summed E-state index contributed by atoms with van der Waals surface area (Å²) in [6, 6.07) is 7.79. The molecule has 2 aliphatic heterocycles. The summed E-state index contributed by atoms with van der Waals surface area (Å²) in [6.07, 6.45) is 2.13. The number of hydrogen-bond donors (Lipinski definition) is 1. The van der Waals surface area contributed by atoms with E-state index in [9.17, 15) is 13.5 Å². The second kappa shape index (κ2) is 3.81. The molecule has 2 aliphatic rings. The van der Waals surface area contributed by atoms with E-state index < -0.39 is 15.4 Å². The summed E-state index contributed by atoms with van der Waals surface area (Å²) < 4.78 is 24.1. The van der Waals surface area contributed by atoms with E-state index >= 15 is 0 Å². The molecule has 2 heterocycles. The van der Waals surface area contributed by atoms with E-state index in [0.717, 1.165) is 11.1 Å². The Kier molecular flexibility index (Phi) is 2.58. The van der Waals surface area contributed by atoms with E-state index in [1.807, 2.05) is 31.2 Å². The number of benzene rings is 1. The third-order valence-corrected chi connectivity index (χ3v) is 7.09. The first-order chi connectivity index (χ1) is 8.42. The molecule has 2 bridgehead atoms. The molecule has 1 aromatic carbocycles. The van der Waals surface area contributed by atoms with Gasteiger partial charge >= 0.3 is 0 Å². The Balaban J connectivity index is 2.00. The van der Waals surface area contributed by atoms with Crippen molar-refractivity contribution in [2.24, 2.45) is 0 Å². The van der Waals surface area contributed by atoms with Crippen LogP contribution in [-0.2, 0) is 15.4 Å². The van der Waals surface area contributed by atoms with E-state index in [0.29, 0.717) is 25.7 Å². The highest BCUT2D eigenvalue weighted by Crippen LogP contribution is 2.47. The van der Waals surface area contributed by atoms with Crippen LogP contribution in [-0.4, -0.2) is 24.0 Å². The molecule has 0 saturated carbocycles. The van der Waals surface area contributed by atoms with Gasteiger partial charge in [-0.3, -0.25) is 0 Å². The van der Waals surface area contributed by atoms with Gasteiger partial charge in [-0.15, -0.1) is 0 Å². The third kappa shape index (κ3) is 1.70. The molecule has 0 aromatic heterocycles. The van der Waals surface area contributed by atoms with Crippen molar-refractivity contribution in [3.63, 3.8) is 0 Å². The van der Waals surface area contributed by atoms with Gasteiger partial charge < -0.3 is 5.11 Å². The Hall–Kier alpha value is -0.870. The minimum absolute atomic E-state index is 0.346. The van der Waals surface area contributed by atoms with Crippen LogP contribution < -0.4 is 0 Å². The average molecular weight is 266 g/mol. The van der Waals surface area contributed by atoms with E-state index in [2.05, 4.69) is 0 Å². The van der Waals surface area contributed by atoms with Crippen LogP contribution in [0.2, 0.25) is 0 Å². The highest BCUT2D eigenvalue weighted by Gasteiger charge is 2.53. The first kappa shape index (κ1) is 12.2. The highest BCUT2D eigenvalue weighted by atomic mass is 32.2. The minimum atomic E-state index is -2.98. The van der Waals surface area contributed by atoms with Crippen LogP contribution in [0.25, 0.3) is 0 Å². The Morgan fingerprint density at radius 2 is 1.83 bits per heavy atom. The van der Waals surface area contributed by atoms with Gasteiger partial charge in [-0.2, -0.15) is 0 Å². The van der Waals surface area contributed by atoms with Gasteiger partial charge in [-0.05, 0) is 38.2 Å². The van der Waals surface area contributed by atoms with Crippen molar-refractivity contribution in [3.8, 4) is 0 Å². The molecule has 2 unspecified atom stereocenters. The van der Waals surface area contributed by atoms with Crippen LogP contribution >= 0.6 is 0 Å². The Labute approximate surface area is 108 Å². The van der Waals surface area contributed by atoms with Gasteiger partial charge in [0.05, 0.1) is 16.1 Å². The number of fused-ring (bicyclic) bond motifs is 2. The zero-order valence-corrected chi connectivity index (χ0v) is 11.3. The molecular formula is C14H18O3S. The number of aliphatic hydroxyl groups is 1. The second-order valence-electron chi connectivity index (χ2n) is 5.72. The van der Waals surface area contributed by atoms with Crippen LogP contribution in [0.4, 0.5) is 0 Å². The van der Waals surface area contributed by atoms with E-state index in [4.69, 9.17) is 0 Å². The fourth-order valence-corrected chi connectivity index (χ4v) is 5.91. The topological polar surface area (TPSA) is 54.4 Å². The molecule has 0 aliphatic carbocycles. The van der Waals surface area contributed by atoms with Gasteiger partial charge in [0, 0.05) is 0 Å². The van der Waals surface area contributed by atoms with Crippen molar-refractivity contribution in [2.45, 2.75) is 48.7 Å². The fourth-order valence-electron chi connectivity index (χ4n) is 3.42. The molecule has 0 amide bonds. The lowest BCUT2D eigenvalue weighted by molar-refractivity contribution is 0.0173. The van der Waals surface area contributed by atoms with Crippen molar-refractivity contribution in [1.29, 1.82) is 0 Å². The normalized spacial score (nSPS) is 37.7. The molecule has 4 heteroatoms. The molecule has 0 spiro atoms. The van der Waals surface area contributed by atoms with Crippen molar-refractivity contribution >= 4 is 9.84 Å². The van der Waals surface area contributed by atoms with Crippen molar-refractivity contribution in [2.75, 3.05) is 0 Å². The smallest absolute Gasteiger partial charge is 0.156 e. The van der Waals surface area contributed by atoms with Crippen LogP contribution in [0.3, 0.4) is 0 Å². The zero-order valence-electron chi connectivity index (χ0n) is 10.5. The molecular weight excluding hydrogens is 248 g/mol. The average Bonchev–Trinajstić information content (AvgIpc) is 2.51. The molecule has 98 valence electrons. The molecule has 18 heavy (non-hydrogen) atoms. The summed E-state index contributed by atoms with van der Waals surface area (Å²) >= 11 is 0. The summed E-state index contributed by atoms with van der Waals surface area (Å²) in [5.74, 6) is 0. The number of hydrogen-bond acceptors (Lipinski definition) is 3. The number of aryl methyl sites for hydroxylation is 1. The number of rotatable bonds is 1. The van der Waals surface area contributed by atoms with Gasteiger partial charge in [-0.25, -0.2) is 8.42 Å². The molecule has 2 saturated heterocycles. The summed E-state index contributed by atoms with van der Waals surface area (Å²) in [4.78, 5) is 0. The lowest BCUT2D eigenvalue weighted by atomic mass is 9.85. The summed E-state index contributed by atoms with van der Waals surface area (Å²) in [6.45, 7) is 1.99. The largest absolute Gasteiger partial charge is 0.385 e. The Bertz CT molecular complexity index is 556. The van der Waals surface area contributed by atoms with Crippen molar-refractivity contribution < 1.29 is 13.5 Å². The second-order valence-corrected chi connectivity index (χ2v) is 8.23. The molecule has 3 nitrogen and oxygen atoms in total. The molecule has 0 radical (unpaired) electrons. The zero-order chi connectivity index (χ0) is 13.0. The van der Waals surface area contributed by atoms with Gasteiger partial charge in [0.25, 0.3) is 0 Å². The van der Waals surface area contributed by atoms with Crippen LogP contribution in [0.5, 0.6) is 0 Å². The number of sulfone groups is 1. The highest BCUT2D eigenvalue weighted by molar-refractivity contribution is 7.93. The minimum Gasteiger partial charge on any atom is -0.385 e. The summed E-state index contributed by atoms with van der Waals surface area (Å²) in [7, 11) is -2.98. The predicted molar refractivity (Wildman–Crippen MR) is 70.0 cm³/mol. The first-order valence-electron chi connectivity index (χ1n) is 6.44. The molecule has 3 rings (SSSR count). The fraction of sp³-hybridized carbons (Fsp3) is 0.571. The summed E-state index contributed by atoms with van der Waals surface area (Å²) in [5, 5.41) is 10.1. The summed E-state index contributed by atoms with van der Waals surface area (Å²) in [5.41, 5.74) is 1.01. The van der Waals surface area contributed by atoms with Gasteiger partial charge in [0.15, 0.2) is 9.84 Å². The van der Waals surface area contributed by atoms with E-state index in [1.165, 1.54) is 0 Å². The predicted octanol–water partition coefficient (Wildman–Crippen LogP) is 1.92. The van der Waals surface area contributed by atoms with E-state index in [1.54, 1.807) is 0 Å². The Morgan fingerprint density at radius 3 is 2.39 bits per heavy atom. The SMILES string of the molecule is Cc1cccc(C2(O)CC3CCC(C2)S3(=O)=O)c1. The first-order valence-corrected chi connectivity index (χ1v) is 8.05. The van der Waals surface area contributed by atoms with Crippen molar-refractivity contribution in [3.05, 3.63) is 35.4 Å². The van der Waals surface area contributed by atoms with Gasteiger partial charge in [-0.1, -0.05) is 29.8 Å². The maximum atomic E-state index is 12.1. The van der Waals surface area contributed by atoms with Crippen LogP contribution in [0.1, 0.15) is 36.8 Å². The molecule has 2 atom stereocenters. The quantitative estimate of drug-likeness (QED) is 0.845.